The number of carbonyl (C=O) groups is 1. The number of aromatic nitrogens is 2. The van der Waals surface area contributed by atoms with Crippen molar-refractivity contribution in [3.05, 3.63) is 64.3 Å². The van der Waals surface area contributed by atoms with Crippen molar-refractivity contribution in [1.82, 2.24) is 9.97 Å². The zero-order chi connectivity index (χ0) is 18.8. The largest absolute Gasteiger partial charge is 0.353 e. The van der Waals surface area contributed by atoms with Gasteiger partial charge in [-0.05, 0) is 30.0 Å². The van der Waals surface area contributed by atoms with E-state index < -0.39 is 0 Å². The number of nitrogens with zero attached hydrogens (tertiary/aromatic N) is 1. The summed E-state index contributed by atoms with van der Waals surface area (Å²) in [6.07, 6.45) is 1.38. The second-order valence-corrected chi connectivity index (χ2v) is 9.07. The standard InChI is InChI=1S/C23H19BrN2O/c1-23(2)11-17-20(18(27)12-23)19-15-5-3-4-6-16(15)25-22(19)21(26-17)13-7-9-14(24)10-8-13/h3-10,25H,11-12H2,1-2H3. The van der Waals surface area contributed by atoms with Crippen LogP contribution in [-0.4, -0.2) is 15.8 Å². The van der Waals surface area contributed by atoms with Gasteiger partial charge in [-0.25, -0.2) is 4.98 Å². The lowest BCUT2D eigenvalue weighted by Gasteiger charge is -2.30. The molecule has 134 valence electrons. The van der Waals surface area contributed by atoms with Gasteiger partial charge in [0.05, 0.1) is 16.9 Å². The van der Waals surface area contributed by atoms with Crippen molar-refractivity contribution < 1.29 is 4.79 Å². The van der Waals surface area contributed by atoms with Gasteiger partial charge in [-0.3, -0.25) is 4.79 Å². The number of hydrogen-bond donors (Lipinski definition) is 1. The fourth-order valence-corrected chi connectivity index (χ4v) is 4.52. The van der Waals surface area contributed by atoms with Crippen LogP contribution in [0.15, 0.2) is 53.0 Å². The number of Topliss-reactive ketones (excluding diaryl/α,β-unsaturated/α-hetero) is 1. The quantitative estimate of drug-likeness (QED) is 0.394. The molecule has 0 saturated heterocycles. The highest BCUT2D eigenvalue weighted by Crippen LogP contribution is 2.42. The smallest absolute Gasteiger partial charge is 0.165 e. The Hall–Kier alpha value is -2.46. The number of nitrogens with one attached hydrogen (secondary N) is 1. The van der Waals surface area contributed by atoms with Crippen LogP contribution in [0.4, 0.5) is 0 Å². The molecule has 2 heterocycles. The first-order chi connectivity index (χ1) is 12.9. The molecule has 1 aliphatic rings. The van der Waals surface area contributed by atoms with E-state index in [2.05, 4.69) is 59.0 Å². The summed E-state index contributed by atoms with van der Waals surface area (Å²) < 4.78 is 1.04. The van der Waals surface area contributed by atoms with Gasteiger partial charge in [0.1, 0.15) is 0 Å². The van der Waals surface area contributed by atoms with Gasteiger partial charge in [0.25, 0.3) is 0 Å². The van der Waals surface area contributed by atoms with E-state index in [1.165, 1.54) is 0 Å². The summed E-state index contributed by atoms with van der Waals surface area (Å²) in [5, 5.41) is 2.12. The Labute approximate surface area is 165 Å². The maximum Gasteiger partial charge on any atom is 0.165 e. The van der Waals surface area contributed by atoms with Crippen LogP contribution in [-0.2, 0) is 6.42 Å². The topological polar surface area (TPSA) is 45.8 Å². The van der Waals surface area contributed by atoms with E-state index in [0.717, 1.165) is 55.2 Å². The molecule has 0 fully saturated rings. The Bertz CT molecular complexity index is 1220. The van der Waals surface area contributed by atoms with Crippen molar-refractivity contribution in [1.29, 1.82) is 0 Å². The lowest BCUT2D eigenvalue weighted by atomic mass is 9.74. The van der Waals surface area contributed by atoms with Gasteiger partial charge in [-0.1, -0.05) is 60.1 Å². The number of halogens is 1. The summed E-state index contributed by atoms with van der Waals surface area (Å²) in [5.74, 6) is 0.200. The van der Waals surface area contributed by atoms with Gasteiger partial charge in [0.15, 0.2) is 5.78 Å². The number of fused-ring (bicyclic) bond motifs is 5. The van der Waals surface area contributed by atoms with Crippen LogP contribution in [0.5, 0.6) is 0 Å². The number of pyridine rings is 1. The number of ketones is 1. The predicted molar refractivity (Wildman–Crippen MR) is 113 cm³/mol. The van der Waals surface area contributed by atoms with Gasteiger partial charge in [-0.2, -0.15) is 0 Å². The molecular weight excluding hydrogens is 400 g/mol. The van der Waals surface area contributed by atoms with E-state index >= 15 is 0 Å². The minimum absolute atomic E-state index is 0.0617. The highest BCUT2D eigenvalue weighted by molar-refractivity contribution is 9.10. The monoisotopic (exact) mass is 418 g/mol. The Morgan fingerprint density at radius 3 is 2.56 bits per heavy atom. The Morgan fingerprint density at radius 1 is 1.04 bits per heavy atom. The predicted octanol–water partition coefficient (Wildman–Crippen LogP) is 6.30. The minimum atomic E-state index is -0.0617. The second kappa shape index (κ2) is 5.77. The Kier molecular flexibility index (Phi) is 3.57. The molecule has 0 unspecified atom stereocenters. The third-order valence-electron chi connectivity index (χ3n) is 5.41. The SMILES string of the molecule is CC1(C)CC(=O)c2c(nc(-c3ccc(Br)cc3)c3[nH]c4ccccc4c23)C1. The Morgan fingerprint density at radius 2 is 1.78 bits per heavy atom. The summed E-state index contributed by atoms with van der Waals surface area (Å²) >= 11 is 3.51. The van der Waals surface area contributed by atoms with Crippen molar-refractivity contribution in [2.45, 2.75) is 26.7 Å². The van der Waals surface area contributed by atoms with Gasteiger partial charge < -0.3 is 4.98 Å². The number of para-hydroxylation sites is 1. The van der Waals surface area contributed by atoms with Crippen LogP contribution in [0.25, 0.3) is 33.1 Å². The highest BCUT2D eigenvalue weighted by Gasteiger charge is 2.35. The summed E-state index contributed by atoms with van der Waals surface area (Å²) in [6, 6.07) is 16.4. The van der Waals surface area contributed by atoms with Crippen molar-refractivity contribution in [2.75, 3.05) is 0 Å². The first-order valence-electron chi connectivity index (χ1n) is 9.15. The molecule has 0 bridgehead atoms. The highest BCUT2D eigenvalue weighted by atomic mass is 79.9. The van der Waals surface area contributed by atoms with E-state index in [4.69, 9.17) is 4.98 Å². The zero-order valence-corrected chi connectivity index (χ0v) is 16.9. The molecule has 0 saturated carbocycles. The lowest BCUT2D eigenvalue weighted by molar-refractivity contribution is 0.0912. The molecule has 1 N–H and O–H groups in total. The van der Waals surface area contributed by atoms with Gasteiger partial charge in [0.2, 0.25) is 0 Å². The zero-order valence-electron chi connectivity index (χ0n) is 15.3. The van der Waals surface area contributed by atoms with Crippen LogP contribution in [0.3, 0.4) is 0 Å². The van der Waals surface area contributed by atoms with Crippen molar-refractivity contribution in [3.63, 3.8) is 0 Å². The molecule has 0 amide bonds. The van der Waals surface area contributed by atoms with Crippen molar-refractivity contribution in [2.24, 2.45) is 5.41 Å². The Balaban J connectivity index is 1.93. The van der Waals surface area contributed by atoms with Gasteiger partial charge in [-0.15, -0.1) is 0 Å². The molecule has 4 heteroatoms. The van der Waals surface area contributed by atoms with E-state index in [-0.39, 0.29) is 11.2 Å². The third kappa shape index (κ3) is 2.62. The molecule has 27 heavy (non-hydrogen) atoms. The minimum Gasteiger partial charge on any atom is -0.353 e. The molecule has 0 aliphatic heterocycles. The molecule has 3 nitrogen and oxygen atoms in total. The normalized spacial score (nSPS) is 16.0. The van der Waals surface area contributed by atoms with Crippen LogP contribution in [0, 0.1) is 5.41 Å². The van der Waals surface area contributed by atoms with Crippen molar-refractivity contribution in [3.8, 4) is 11.3 Å². The summed E-state index contributed by atoms with van der Waals surface area (Å²) in [7, 11) is 0. The number of carbonyl (C=O) groups excluding carboxylic acids is 1. The van der Waals surface area contributed by atoms with E-state index in [1.54, 1.807) is 0 Å². The van der Waals surface area contributed by atoms with Crippen molar-refractivity contribution >= 4 is 43.5 Å². The molecule has 4 aromatic rings. The number of hydrogen-bond acceptors (Lipinski definition) is 2. The third-order valence-corrected chi connectivity index (χ3v) is 5.94. The van der Waals surface area contributed by atoms with Crippen LogP contribution >= 0.6 is 15.9 Å². The maximum absolute atomic E-state index is 13.1. The van der Waals surface area contributed by atoms with E-state index in [9.17, 15) is 4.79 Å². The lowest BCUT2D eigenvalue weighted by Crippen LogP contribution is -2.28. The van der Waals surface area contributed by atoms with Crippen LogP contribution < -0.4 is 0 Å². The molecule has 5 rings (SSSR count). The molecule has 2 aromatic carbocycles. The van der Waals surface area contributed by atoms with Gasteiger partial charge >= 0.3 is 0 Å². The average Bonchev–Trinajstić information content (AvgIpc) is 3.00. The van der Waals surface area contributed by atoms with Gasteiger partial charge in [0, 0.05) is 38.3 Å². The number of rotatable bonds is 1. The molecule has 2 aromatic heterocycles. The molecule has 1 aliphatic carbocycles. The molecule has 0 spiro atoms. The maximum atomic E-state index is 13.1. The molecule has 0 radical (unpaired) electrons. The first kappa shape index (κ1) is 16.7. The van der Waals surface area contributed by atoms with Crippen LogP contribution in [0.1, 0.15) is 36.3 Å². The number of aromatic amines is 1. The summed E-state index contributed by atoms with van der Waals surface area (Å²) in [4.78, 5) is 21.6. The average molecular weight is 419 g/mol. The second-order valence-electron chi connectivity index (χ2n) is 8.15. The fraction of sp³-hybridized carbons (Fsp3) is 0.217. The van der Waals surface area contributed by atoms with Crippen LogP contribution in [0.2, 0.25) is 0 Å². The summed E-state index contributed by atoms with van der Waals surface area (Å²) in [6.45, 7) is 4.29. The van der Waals surface area contributed by atoms with E-state index in [0.29, 0.717) is 6.42 Å². The number of benzene rings is 2. The first-order valence-corrected chi connectivity index (χ1v) is 9.95. The fourth-order valence-electron chi connectivity index (χ4n) is 4.25. The molecule has 0 atom stereocenters. The molecular formula is C23H19BrN2O. The number of H-pyrrole nitrogens is 1. The van der Waals surface area contributed by atoms with E-state index in [1.807, 2.05) is 24.3 Å². The summed E-state index contributed by atoms with van der Waals surface area (Å²) in [5.41, 5.74) is 5.62.